The van der Waals surface area contributed by atoms with Crippen LogP contribution in [-0.4, -0.2) is 34.3 Å². The minimum Gasteiger partial charge on any atom is -0.475 e. The zero-order chi connectivity index (χ0) is 11.9. The molecule has 0 amide bonds. The fourth-order valence-electron chi connectivity index (χ4n) is 2.36. The van der Waals surface area contributed by atoms with Crippen molar-refractivity contribution in [3.8, 4) is 0 Å². The molecule has 6 nitrogen and oxygen atoms in total. The normalized spacial score (nSPS) is 27.1. The molecule has 3 heterocycles. The molecule has 1 saturated heterocycles. The smallest absolute Gasteiger partial charge is 0.373 e. The van der Waals surface area contributed by atoms with Gasteiger partial charge < -0.3 is 14.6 Å². The Hall–Kier alpha value is -1.53. The van der Waals surface area contributed by atoms with E-state index < -0.39 is 11.6 Å². The van der Waals surface area contributed by atoms with Gasteiger partial charge in [0, 0.05) is 18.4 Å². The first kappa shape index (κ1) is 10.6. The first-order valence-corrected chi connectivity index (χ1v) is 5.53. The highest BCUT2D eigenvalue weighted by Gasteiger charge is 2.44. The number of aromatic carboxylic acids is 1. The number of carboxylic acid groups (broad SMARTS) is 1. The topological polar surface area (TPSA) is 81.5 Å². The fourth-order valence-corrected chi connectivity index (χ4v) is 2.36. The van der Waals surface area contributed by atoms with Crippen molar-refractivity contribution in [2.45, 2.75) is 25.0 Å². The van der Waals surface area contributed by atoms with Gasteiger partial charge in [-0.1, -0.05) is 0 Å². The Morgan fingerprint density at radius 2 is 2.41 bits per heavy atom. The highest BCUT2D eigenvalue weighted by Crippen LogP contribution is 2.40. The largest absolute Gasteiger partial charge is 0.475 e. The standard InChI is InChI=1S/C11H12N2O4/c14-10(15)9-12-4-7-5-17-11(8(7)13-9)2-1-3-16-6-11/h4H,1-3,5-6H2,(H,14,15). The summed E-state index contributed by atoms with van der Waals surface area (Å²) in [4.78, 5) is 18.8. The van der Waals surface area contributed by atoms with Crippen LogP contribution >= 0.6 is 0 Å². The van der Waals surface area contributed by atoms with E-state index in [1.165, 1.54) is 6.20 Å². The van der Waals surface area contributed by atoms with Crippen LogP contribution in [0.4, 0.5) is 0 Å². The van der Waals surface area contributed by atoms with Gasteiger partial charge in [0.15, 0.2) is 0 Å². The number of aromatic nitrogens is 2. The summed E-state index contributed by atoms with van der Waals surface area (Å²) < 4.78 is 11.2. The summed E-state index contributed by atoms with van der Waals surface area (Å²) in [5, 5.41) is 8.91. The maximum absolute atomic E-state index is 10.9. The number of hydrogen-bond acceptors (Lipinski definition) is 5. The molecule has 0 aromatic carbocycles. The van der Waals surface area contributed by atoms with E-state index >= 15 is 0 Å². The molecular formula is C11H12N2O4. The summed E-state index contributed by atoms with van der Waals surface area (Å²) in [6.45, 7) is 1.59. The predicted molar refractivity (Wildman–Crippen MR) is 55.5 cm³/mol. The van der Waals surface area contributed by atoms with Gasteiger partial charge in [0.05, 0.1) is 18.9 Å². The zero-order valence-electron chi connectivity index (χ0n) is 9.18. The maximum Gasteiger partial charge on any atom is 0.373 e. The zero-order valence-corrected chi connectivity index (χ0v) is 9.18. The SMILES string of the molecule is O=C(O)c1ncc2c(n1)C1(CCCOC1)OC2. The highest BCUT2D eigenvalue weighted by atomic mass is 16.5. The second-order valence-electron chi connectivity index (χ2n) is 4.31. The molecule has 2 aliphatic rings. The Morgan fingerprint density at radius 3 is 3.12 bits per heavy atom. The van der Waals surface area contributed by atoms with Crippen molar-refractivity contribution >= 4 is 5.97 Å². The van der Waals surface area contributed by atoms with Gasteiger partial charge in [0.2, 0.25) is 5.82 Å². The number of hydrogen-bond donors (Lipinski definition) is 1. The van der Waals surface area contributed by atoms with Gasteiger partial charge in [-0.25, -0.2) is 14.8 Å². The monoisotopic (exact) mass is 236 g/mol. The van der Waals surface area contributed by atoms with Gasteiger partial charge in [-0.15, -0.1) is 0 Å². The third-order valence-corrected chi connectivity index (χ3v) is 3.20. The van der Waals surface area contributed by atoms with Crippen LogP contribution in [0.2, 0.25) is 0 Å². The highest BCUT2D eigenvalue weighted by molar-refractivity contribution is 5.83. The summed E-state index contributed by atoms with van der Waals surface area (Å²) in [5.41, 5.74) is 0.992. The fraction of sp³-hybridized carbons (Fsp3) is 0.545. The quantitative estimate of drug-likeness (QED) is 0.773. The third kappa shape index (κ3) is 1.60. The van der Waals surface area contributed by atoms with Crippen molar-refractivity contribution in [1.29, 1.82) is 0 Å². The molecule has 2 aliphatic heterocycles. The van der Waals surface area contributed by atoms with Crippen LogP contribution in [0, 0.1) is 0 Å². The molecule has 1 N–H and O–H groups in total. The molecule has 1 spiro atoms. The average Bonchev–Trinajstić information content (AvgIpc) is 2.69. The maximum atomic E-state index is 10.9. The molecule has 1 aromatic rings. The van der Waals surface area contributed by atoms with Crippen molar-refractivity contribution < 1.29 is 19.4 Å². The second-order valence-corrected chi connectivity index (χ2v) is 4.31. The Balaban J connectivity index is 2.04. The van der Waals surface area contributed by atoms with Crippen molar-refractivity contribution in [1.82, 2.24) is 9.97 Å². The first-order valence-electron chi connectivity index (χ1n) is 5.53. The minimum absolute atomic E-state index is 0.181. The van der Waals surface area contributed by atoms with Crippen LogP contribution in [0.15, 0.2) is 6.20 Å². The van der Waals surface area contributed by atoms with Crippen LogP contribution in [0.25, 0.3) is 0 Å². The Morgan fingerprint density at radius 1 is 1.53 bits per heavy atom. The molecule has 3 rings (SSSR count). The number of nitrogens with zero attached hydrogens (tertiary/aromatic N) is 2. The van der Waals surface area contributed by atoms with E-state index in [1.54, 1.807) is 0 Å². The molecule has 1 unspecified atom stereocenters. The Labute approximate surface area is 97.6 Å². The molecule has 0 saturated carbocycles. The Kier molecular flexibility index (Phi) is 2.34. The van der Waals surface area contributed by atoms with E-state index in [-0.39, 0.29) is 5.82 Å². The molecule has 0 aliphatic carbocycles. The van der Waals surface area contributed by atoms with Crippen LogP contribution in [0.1, 0.15) is 34.7 Å². The molecule has 90 valence electrons. The summed E-state index contributed by atoms with van der Waals surface area (Å²) in [6.07, 6.45) is 3.25. The lowest BCUT2D eigenvalue weighted by Gasteiger charge is -2.32. The molecule has 6 heteroatoms. The second kappa shape index (κ2) is 3.75. The van der Waals surface area contributed by atoms with Gasteiger partial charge in [-0.05, 0) is 12.8 Å². The molecule has 0 radical (unpaired) electrons. The molecule has 0 bridgehead atoms. The average molecular weight is 236 g/mol. The molecular weight excluding hydrogens is 224 g/mol. The minimum atomic E-state index is -1.12. The van der Waals surface area contributed by atoms with E-state index in [1.807, 2.05) is 0 Å². The van der Waals surface area contributed by atoms with E-state index in [9.17, 15) is 4.79 Å². The van der Waals surface area contributed by atoms with Gasteiger partial charge in [0.1, 0.15) is 5.60 Å². The lowest BCUT2D eigenvalue weighted by molar-refractivity contribution is -0.127. The van der Waals surface area contributed by atoms with Gasteiger partial charge in [0.25, 0.3) is 0 Å². The predicted octanol–water partition coefficient (Wildman–Crippen LogP) is 0.711. The van der Waals surface area contributed by atoms with Crippen LogP contribution in [-0.2, 0) is 21.7 Å². The van der Waals surface area contributed by atoms with Gasteiger partial charge >= 0.3 is 5.97 Å². The summed E-state index contributed by atoms with van der Waals surface area (Å²) in [6, 6.07) is 0. The van der Waals surface area contributed by atoms with E-state index in [4.69, 9.17) is 14.6 Å². The van der Waals surface area contributed by atoms with E-state index in [0.29, 0.717) is 18.9 Å². The van der Waals surface area contributed by atoms with Gasteiger partial charge in [-0.3, -0.25) is 0 Å². The molecule has 1 aromatic heterocycles. The van der Waals surface area contributed by atoms with E-state index in [2.05, 4.69) is 9.97 Å². The molecule has 1 atom stereocenters. The summed E-state index contributed by atoms with van der Waals surface area (Å²) in [7, 11) is 0. The number of rotatable bonds is 1. The van der Waals surface area contributed by atoms with Crippen molar-refractivity contribution in [3.05, 3.63) is 23.3 Å². The number of carbonyl (C=O) groups is 1. The summed E-state index contributed by atoms with van der Waals surface area (Å²) in [5.74, 6) is -1.30. The van der Waals surface area contributed by atoms with Crippen LogP contribution in [0.5, 0.6) is 0 Å². The number of fused-ring (bicyclic) bond motifs is 2. The van der Waals surface area contributed by atoms with Crippen molar-refractivity contribution in [3.63, 3.8) is 0 Å². The van der Waals surface area contributed by atoms with Crippen molar-refractivity contribution in [2.24, 2.45) is 0 Å². The number of ether oxygens (including phenoxy) is 2. The third-order valence-electron chi connectivity index (χ3n) is 3.20. The van der Waals surface area contributed by atoms with E-state index in [0.717, 1.165) is 25.0 Å². The lowest BCUT2D eigenvalue weighted by atomic mass is 9.92. The molecule has 1 fully saturated rings. The number of carboxylic acids is 1. The molecule has 17 heavy (non-hydrogen) atoms. The van der Waals surface area contributed by atoms with Crippen LogP contribution in [0.3, 0.4) is 0 Å². The van der Waals surface area contributed by atoms with Gasteiger partial charge in [-0.2, -0.15) is 0 Å². The Bertz CT molecular complexity index is 463. The van der Waals surface area contributed by atoms with Crippen molar-refractivity contribution in [2.75, 3.05) is 13.2 Å². The first-order chi connectivity index (χ1) is 8.21. The van der Waals surface area contributed by atoms with Crippen LogP contribution < -0.4 is 0 Å². The lowest BCUT2D eigenvalue weighted by Crippen LogP contribution is -2.36. The summed E-state index contributed by atoms with van der Waals surface area (Å²) >= 11 is 0.